The van der Waals surface area contributed by atoms with Gasteiger partial charge in [-0.3, -0.25) is 0 Å². The number of allylic oxidation sites excluding steroid dienone is 1. The number of rotatable bonds is 12. The third-order valence-electron chi connectivity index (χ3n) is 6.10. The highest BCUT2D eigenvalue weighted by Crippen LogP contribution is 2.43. The summed E-state index contributed by atoms with van der Waals surface area (Å²) in [7, 11) is 0. The Morgan fingerprint density at radius 3 is 2.74 bits per heavy atom. The molecule has 0 aliphatic carbocycles. The van der Waals surface area contributed by atoms with E-state index in [1.165, 1.54) is 0 Å². The molecule has 0 fully saturated rings. The van der Waals surface area contributed by atoms with Crippen molar-refractivity contribution in [2.75, 3.05) is 24.3 Å². The number of hydrogen-bond donors (Lipinski definition) is 1. The number of aryl methyl sites for hydroxylation is 1. The fourth-order valence-electron chi connectivity index (χ4n) is 4.24. The van der Waals surface area contributed by atoms with Gasteiger partial charge in [-0.05, 0) is 71.9 Å². The van der Waals surface area contributed by atoms with Crippen molar-refractivity contribution in [3.05, 3.63) is 81.5 Å². The Hall–Kier alpha value is -3.24. The van der Waals surface area contributed by atoms with Crippen LogP contribution in [0.3, 0.4) is 0 Å². The highest BCUT2D eigenvalue weighted by atomic mass is 79.9. The van der Waals surface area contributed by atoms with Gasteiger partial charge in [0.2, 0.25) is 11.1 Å². The summed E-state index contributed by atoms with van der Waals surface area (Å²) >= 11 is 5.28. The van der Waals surface area contributed by atoms with Crippen LogP contribution in [0.25, 0.3) is 0 Å². The molecule has 206 valence electrons. The predicted octanol–water partition coefficient (Wildman–Crippen LogP) is 6.85. The summed E-state index contributed by atoms with van der Waals surface area (Å²) < 4.78 is 20.2. The Bertz CT molecular complexity index is 1390. The summed E-state index contributed by atoms with van der Waals surface area (Å²) in [4.78, 5) is 18.0. The van der Waals surface area contributed by atoms with E-state index in [0.717, 1.165) is 28.9 Å². The molecule has 8 nitrogen and oxygen atoms in total. The van der Waals surface area contributed by atoms with Gasteiger partial charge in [-0.15, -0.1) is 5.10 Å². The van der Waals surface area contributed by atoms with E-state index in [2.05, 4.69) is 52.7 Å². The van der Waals surface area contributed by atoms with Crippen LogP contribution in [0.15, 0.2) is 70.0 Å². The zero-order valence-corrected chi connectivity index (χ0v) is 25.0. The molecule has 1 atom stereocenters. The SMILES string of the molecule is C=CCOC(=O)C1=C(C)Nc2nc(SCCC)nn2C1c1cc(Br)c(OCc2ccccc2C)c(OCC)c1. The number of thioether (sulfide) groups is 1. The number of esters is 1. The van der Waals surface area contributed by atoms with Crippen LogP contribution in [0.2, 0.25) is 0 Å². The lowest BCUT2D eigenvalue weighted by Crippen LogP contribution is -2.29. The first-order valence-corrected chi connectivity index (χ1v) is 14.6. The van der Waals surface area contributed by atoms with Gasteiger partial charge in [-0.1, -0.05) is 55.6 Å². The van der Waals surface area contributed by atoms with Gasteiger partial charge >= 0.3 is 5.97 Å². The average molecular weight is 614 g/mol. The van der Waals surface area contributed by atoms with E-state index < -0.39 is 12.0 Å². The molecule has 10 heteroatoms. The van der Waals surface area contributed by atoms with Crippen molar-refractivity contribution >= 4 is 39.6 Å². The molecule has 4 rings (SSSR count). The molecule has 1 aliphatic rings. The zero-order valence-electron chi connectivity index (χ0n) is 22.6. The third-order valence-corrected chi connectivity index (χ3v) is 7.73. The fourth-order valence-corrected chi connectivity index (χ4v) is 5.50. The molecule has 39 heavy (non-hydrogen) atoms. The van der Waals surface area contributed by atoms with Crippen LogP contribution < -0.4 is 14.8 Å². The number of anilines is 1. The number of fused-ring (bicyclic) bond motifs is 1. The quantitative estimate of drug-likeness (QED) is 0.135. The molecule has 0 saturated heterocycles. The van der Waals surface area contributed by atoms with Gasteiger partial charge in [0.05, 0.1) is 16.7 Å². The average Bonchev–Trinajstić information content (AvgIpc) is 3.32. The van der Waals surface area contributed by atoms with Crippen LogP contribution in [0.1, 0.15) is 49.9 Å². The second kappa shape index (κ2) is 13.2. The molecule has 2 heterocycles. The Labute approximate surface area is 242 Å². The standard InChI is InChI=1S/C29H33BrN4O4S/c1-6-13-37-27(35)24-19(5)31-28-32-29(39-14-7-2)33-34(28)25(24)21-15-22(30)26(23(16-21)36-8-3)38-17-20-12-10-9-11-18(20)4/h6,9-12,15-16,25H,1,7-8,13-14,17H2,2-5H3,(H,31,32,33). The molecule has 0 bridgehead atoms. The molecule has 2 aromatic carbocycles. The molecule has 0 saturated carbocycles. The van der Waals surface area contributed by atoms with Crippen LogP contribution in [-0.4, -0.2) is 39.7 Å². The van der Waals surface area contributed by atoms with E-state index >= 15 is 0 Å². The Morgan fingerprint density at radius 2 is 2.03 bits per heavy atom. The lowest BCUT2D eigenvalue weighted by atomic mass is 9.95. The normalized spacial score (nSPS) is 14.4. The van der Waals surface area contributed by atoms with Gasteiger partial charge in [0.25, 0.3) is 0 Å². The Kier molecular flexibility index (Phi) is 9.74. The van der Waals surface area contributed by atoms with Gasteiger partial charge in [0, 0.05) is 11.4 Å². The largest absolute Gasteiger partial charge is 0.490 e. The molecule has 0 radical (unpaired) electrons. The minimum absolute atomic E-state index is 0.101. The van der Waals surface area contributed by atoms with Gasteiger partial charge < -0.3 is 19.5 Å². The zero-order chi connectivity index (χ0) is 27.9. The molecular formula is C29H33BrN4O4S. The topological polar surface area (TPSA) is 87.5 Å². The summed E-state index contributed by atoms with van der Waals surface area (Å²) in [6, 6.07) is 11.3. The second-order valence-electron chi connectivity index (χ2n) is 8.94. The van der Waals surface area contributed by atoms with Crippen molar-refractivity contribution in [3.8, 4) is 11.5 Å². The minimum Gasteiger partial charge on any atom is -0.490 e. The second-order valence-corrected chi connectivity index (χ2v) is 10.9. The molecule has 1 unspecified atom stereocenters. The molecule has 1 aromatic heterocycles. The summed E-state index contributed by atoms with van der Waals surface area (Å²) in [6.45, 7) is 12.5. The Balaban J connectivity index is 1.78. The van der Waals surface area contributed by atoms with Crippen LogP contribution in [0.5, 0.6) is 11.5 Å². The van der Waals surface area contributed by atoms with Crippen molar-refractivity contribution < 1.29 is 19.0 Å². The van der Waals surface area contributed by atoms with Crippen molar-refractivity contribution in [3.63, 3.8) is 0 Å². The van der Waals surface area contributed by atoms with Crippen molar-refractivity contribution in [1.29, 1.82) is 0 Å². The maximum Gasteiger partial charge on any atom is 0.338 e. The van der Waals surface area contributed by atoms with Crippen LogP contribution >= 0.6 is 27.7 Å². The lowest BCUT2D eigenvalue weighted by molar-refractivity contribution is -0.138. The fraction of sp³-hybridized carbons (Fsp3) is 0.345. The molecular weight excluding hydrogens is 580 g/mol. The minimum atomic E-state index is -0.594. The van der Waals surface area contributed by atoms with Crippen molar-refractivity contribution in [2.24, 2.45) is 0 Å². The number of carbonyl (C=O) groups excluding carboxylic acids is 1. The van der Waals surface area contributed by atoms with Gasteiger partial charge in [-0.25, -0.2) is 9.48 Å². The molecule has 0 spiro atoms. The maximum atomic E-state index is 13.3. The monoisotopic (exact) mass is 612 g/mol. The third kappa shape index (κ3) is 6.50. The molecule has 3 aromatic rings. The van der Waals surface area contributed by atoms with E-state index in [9.17, 15) is 4.79 Å². The first kappa shape index (κ1) is 28.8. The maximum absolute atomic E-state index is 13.3. The smallest absolute Gasteiger partial charge is 0.338 e. The molecule has 1 N–H and O–H groups in total. The molecule has 0 amide bonds. The number of nitrogens with one attached hydrogen (secondary N) is 1. The van der Waals surface area contributed by atoms with Crippen molar-refractivity contribution in [2.45, 2.75) is 51.9 Å². The number of nitrogens with zero attached hydrogens (tertiary/aromatic N) is 3. The molecule has 1 aliphatic heterocycles. The van der Waals surface area contributed by atoms with E-state index in [4.69, 9.17) is 19.3 Å². The number of aromatic nitrogens is 3. The van der Waals surface area contributed by atoms with E-state index in [0.29, 0.717) is 51.6 Å². The van der Waals surface area contributed by atoms with Crippen LogP contribution in [-0.2, 0) is 16.1 Å². The van der Waals surface area contributed by atoms with E-state index in [-0.39, 0.29) is 6.61 Å². The van der Waals surface area contributed by atoms with Crippen LogP contribution in [0.4, 0.5) is 5.95 Å². The summed E-state index contributed by atoms with van der Waals surface area (Å²) in [6.07, 6.45) is 2.54. The van der Waals surface area contributed by atoms with Crippen molar-refractivity contribution in [1.82, 2.24) is 14.8 Å². The number of halogens is 1. The van der Waals surface area contributed by atoms with Crippen LogP contribution in [0, 0.1) is 6.92 Å². The Morgan fingerprint density at radius 1 is 1.23 bits per heavy atom. The number of benzene rings is 2. The number of ether oxygens (including phenoxy) is 3. The highest BCUT2D eigenvalue weighted by molar-refractivity contribution is 9.10. The number of hydrogen-bond acceptors (Lipinski definition) is 8. The van der Waals surface area contributed by atoms with E-state index in [1.54, 1.807) is 22.5 Å². The van der Waals surface area contributed by atoms with Gasteiger partial charge in [0.15, 0.2) is 11.5 Å². The van der Waals surface area contributed by atoms with E-state index in [1.807, 2.05) is 44.2 Å². The number of carbonyl (C=O) groups is 1. The summed E-state index contributed by atoms with van der Waals surface area (Å²) in [5.41, 5.74) is 4.10. The summed E-state index contributed by atoms with van der Waals surface area (Å²) in [5, 5.41) is 8.64. The lowest BCUT2D eigenvalue weighted by Gasteiger charge is -2.29. The van der Waals surface area contributed by atoms with Gasteiger partial charge in [0.1, 0.15) is 19.3 Å². The first-order valence-electron chi connectivity index (χ1n) is 12.9. The van der Waals surface area contributed by atoms with Gasteiger partial charge in [-0.2, -0.15) is 4.98 Å². The highest BCUT2D eigenvalue weighted by Gasteiger charge is 2.36. The predicted molar refractivity (Wildman–Crippen MR) is 157 cm³/mol. The first-order chi connectivity index (χ1) is 18.9. The summed E-state index contributed by atoms with van der Waals surface area (Å²) in [5.74, 6) is 2.15.